The first kappa shape index (κ1) is 14.9. The van der Waals surface area contributed by atoms with Crippen LogP contribution in [0, 0.1) is 0 Å². The lowest BCUT2D eigenvalue weighted by Gasteiger charge is -2.13. The molecule has 6 heteroatoms. The monoisotopic (exact) mass is 270 g/mol. The highest BCUT2D eigenvalue weighted by atomic mass is 19.3. The van der Waals surface area contributed by atoms with E-state index in [1.807, 2.05) is 0 Å². The van der Waals surface area contributed by atoms with E-state index in [0.717, 1.165) is 12.1 Å². The van der Waals surface area contributed by atoms with E-state index in [-0.39, 0.29) is 23.5 Å². The smallest absolute Gasteiger partial charge is 0.404 e. The van der Waals surface area contributed by atoms with Gasteiger partial charge in [0.05, 0.1) is 6.61 Å². The number of alkyl halides is 2. The zero-order valence-electron chi connectivity index (χ0n) is 10.4. The average molecular weight is 270 g/mol. The fourth-order valence-corrected chi connectivity index (χ4v) is 1.35. The summed E-state index contributed by atoms with van der Waals surface area (Å²) < 4.78 is 31.1. The summed E-state index contributed by atoms with van der Waals surface area (Å²) >= 11 is 0. The number of carbonyl (C=O) groups excluding carboxylic acids is 3. The molecule has 0 radical (unpaired) electrons. The Morgan fingerprint density at radius 1 is 1.11 bits per heavy atom. The lowest BCUT2D eigenvalue weighted by Crippen LogP contribution is -2.39. The van der Waals surface area contributed by atoms with E-state index in [4.69, 9.17) is 0 Å². The molecule has 19 heavy (non-hydrogen) atoms. The number of esters is 1. The highest BCUT2D eigenvalue weighted by molar-refractivity contribution is 6.14. The van der Waals surface area contributed by atoms with Crippen LogP contribution < -0.4 is 0 Å². The van der Waals surface area contributed by atoms with Crippen LogP contribution in [0.5, 0.6) is 0 Å². The van der Waals surface area contributed by atoms with E-state index in [2.05, 4.69) is 4.74 Å². The first-order valence-corrected chi connectivity index (χ1v) is 5.51. The molecule has 0 spiro atoms. The van der Waals surface area contributed by atoms with Gasteiger partial charge in [0.15, 0.2) is 5.78 Å². The molecule has 1 rings (SSSR count). The van der Waals surface area contributed by atoms with Gasteiger partial charge in [-0.15, -0.1) is 0 Å². The second kappa shape index (κ2) is 5.69. The lowest BCUT2D eigenvalue weighted by atomic mass is 10.0. The Bertz CT molecular complexity index is 506. The molecule has 0 aliphatic rings. The van der Waals surface area contributed by atoms with Gasteiger partial charge in [-0.3, -0.25) is 9.59 Å². The van der Waals surface area contributed by atoms with Gasteiger partial charge in [-0.25, -0.2) is 4.79 Å². The molecule has 0 saturated carbocycles. The van der Waals surface area contributed by atoms with Crippen LogP contribution in [-0.2, 0) is 9.53 Å². The number of halogens is 2. The van der Waals surface area contributed by atoms with Gasteiger partial charge in [-0.2, -0.15) is 8.78 Å². The Morgan fingerprint density at radius 3 is 2.00 bits per heavy atom. The van der Waals surface area contributed by atoms with Gasteiger partial charge < -0.3 is 4.74 Å². The van der Waals surface area contributed by atoms with E-state index in [1.165, 1.54) is 26.0 Å². The molecule has 0 aromatic heterocycles. The molecule has 1 aromatic carbocycles. The van der Waals surface area contributed by atoms with Crippen LogP contribution in [0.1, 0.15) is 34.6 Å². The summed E-state index contributed by atoms with van der Waals surface area (Å²) in [6, 6.07) is 4.64. The summed E-state index contributed by atoms with van der Waals surface area (Å²) in [5, 5.41) is 0. The molecule has 1 aromatic rings. The summed E-state index contributed by atoms with van der Waals surface area (Å²) in [5.41, 5.74) is -0.0703. The number of rotatable bonds is 5. The van der Waals surface area contributed by atoms with E-state index in [1.54, 1.807) is 0 Å². The van der Waals surface area contributed by atoms with Gasteiger partial charge in [0.2, 0.25) is 5.78 Å². The molecule has 0 bridgehead atoms. The first-order chi connectivity index (χ1) is 8.80. The second-order valence-electron chi connectivity index (χ2n) is 3.76. The van der Waals surface area contributed by atoms with Crippen LogP contribution in [0.25, 0.3) is 0 Å². The zero-order chi connectivity index (χ0) is 14.6. The van der Waals surface area contributed by atoms with Crippen LogP contribution in [0.15, 0.2) is 24.3 Å². The molecule has 0 aliphatic heterocycles. The summed E-state index contributed by atoms with van der Waals surface area (Å²) in [4.78, 5) is 33.5. The summed E-state index contributed by atoms with van der Waals surface area (Å²) in [5.74, 6) is -8.01. The maximum Gasteiger partial charge on any atom is 0.404 e. The van der Waals surface area contributed by atoms with Gasteiger partial charge in [0.25, 0.3) is 0 Å². The standard InChI is InChI=1S/C13H12F2O4/c1-3-19-12(18)13(14,15)11(17)10-6-4-9(5-7-10)8(2)16/h4-7H,3H2,1-2H3. The molecular weight excluding hydrogens is 258 g/mol. The van der Waals surface area contributed by atoms with Crippen molar-refractivity contribution < 1.29 is 27.9 Å². The summed E-state index contributed by atoms with van der Waals surface area (Å²) in [6.07, 6.45) is 0. The summed E-state index contributed by atoms with van der Waals surface area (Å²) in [7, 11) is 0. The fourth-order valence-electron chi connectivity index (χ4n) is 1.35. The number of hydrogen-bond acceptors (Lipinski definition) is 4. The zero-order valence-corrected chi connectivity index (χ0v) is 10.4. The quantitative estimate of drug-likeness (QED) is 0.468. The van der Waals surface area contributed by atoms with Crippen molar-refractivity contribution in [2.75, 3.05) is 6.61 Å². The van der Waals surface area contributed by atoms with Crippen molar-refractivity contribution in [3.8, 4) is 0 Å². The van der Waals surface area contributed by atoms with Gasteiger partial charge in [0, 0.05) is 11.1 Å². The van der Waals surface area contributed by atoms with Crippen molar-refractivity contribution in [1.82, 2.24) is 0 Å². The van der Waals surface area contributed by atoms with Crippen molar-refractivity contribution in [1.29, 1.82) is 0 Å². The van der Waals surface area contributed by atoms with Crippen molar-refractivity contribution in [2.24, 2.45) is 0 Å². The van der Waals surface area contributed by atoms with Crippen LogP contribution in [0.2, 0.25) is 0 Å². The highest BCUT2D eigenvalue weighted by Gasteiger charge is 2.49. The number of benzene rings is 1. The predicted molar refractivity (Wildman–Crippen MR) is 62.4 cm³/mol. The minimum Gasteiger partial charge on any atom is -0.461 e. The number of ketones is 2. The molecular formula is C13H12F2O4. The van der Waals surface area contributed by atoms with Crippen LogP contribution in [0.3, 0.4) is 0 Å². The maximum atomic E-state index is 13.5. The average Bonchev–Trinajstić information content (AvgIpc) is 2.38. The number of hydrogen-bond donors (Lipinski definition) is 0. The van der Waals surface area contributed by atoms with Crippen LogP contribution in [-0.4, -0.2) is 30.1 Å². The Hall–Kier alpha value is -2.11. The van der Waals surface area contributed by atoms with E-state index >= 15 is 0 Å². The Kier molecular flexibility index (Phi) is 4.47. The van der Waals surface area contributed by atoms with Crippen LogP contribution >= 0.6 is 0 Å². The van der Waals surface area contributed by atoms with Crippen LogP contribution in [0.4, 0.5) is 8.78 Å². The van der Waals surface area contributed by atoms with Crippen molar-refractivity contribution in [3.05, 3.63) is 35.4 Å². The minimum atomic E-state index is -4.23. The number of carbonyl (C=O) groups is 3. The third-order valence-electron chi connectivity index (χ3n) is 2.37. The lowest BCUT2D eigenvalue weighted by molar-refractivity contribution is -0.164. The minimum absolute atomic E-state index is 0.245. The van der Waals surface area contributed by atoms with Crippen molar-refractivity contribution in [2.45, 2.75) is 19.8 Å². The van der Waals surface area contributed by atoms with E-state index in [0.29, 0.717) is 0 Å². The van der Waals surface area contributed by atoms with Gasteiger partial charge in [0.1, 0.15) is 0 Å². The fraction of sp³-hybridized carbons (Fsp3) is 0.308. The molecule has 0 unspecified atom stereocenters. The topological polar surface area (TPSA) is 60.4 Å². The van der Waals surface area contributed by atoms with E-state index < -0.39 is 17.7 Å². The molecule has 4 nitrogen and oxygen atoms in total. The summed E-state index contributed by atoms with van der Waals surface area (Å²) in [6.45, 7) is 2.43. The SMILES string of the molecule is CCOC(=O)C(F)(F)C(=O)c1ccc(C(C)=O)cc1. The van der Waals surface area contributed by atoms with E-state index in [9.17, 15) is 23.2 Å². The maximum absolute atomic E-state index is 13.5. The van der Waals surface area contributed by atoms with Gasteiger partial charge in [-0.1, -0.05) is 24.3 Å². The predicted octanol–water partition coefficient (Wildman–Crippen LogP) is 2.27. The number of Topliss-reactive ketones (excluding diaryl/α,β-unsaturated/α-hetero) is 2. The normalized spacial score (nSPS) is 10.9. The molecule has 0 aliphatic carbocycles. The largest absolute Gasteiger partial charge is 0.461 e. The third-order valence-corrected chi connectivity index (χ3v) is 2.37. The molecule has 0 N–H and O–H groups in total. The van der Waals surface area contributed by atoms with Gasteiger partial charge >= 0.3 is 11.9 Å². The Balaban J connectivity index is 2.99. The molecule has 0 atom stereocenters. The molecule has 0 amide bonds. The number of ether oxygens (including phenoxy) is 1. The highest BCUT2D eigenvalue weighted by Crippen LogP contribution is 2.22. The van der Waals surface area contributed by atoms with Gasteiger partial charge in [-0.05, 0) is 13.8 Å². The Morgan fingerprint density at radius 2 is 1.58 bits per heavy atom. The third kappa shape index (κ3) is 3.21. The molecule has 102 valence electrons. The van der Waals surface area contributed by atoms with Crippen molar-refractivity contribution in [3.63, 3.8) is 0 Å². The molecule has 0 heterocycles. The Labute approximate surface area is 108 Å². The molecule has 0 fully saturated rings. The van der Waals surface area contributed by atoms with Crippen molar-refractivity contribution >= 4 is 17.5 Å². The molecule has 0 saturated heterocycles. The second-order valence-corrected chi connectivity index (χ2v) is 3.76. The first-order valence-electron chi connectivity index (χ1n) is 5.51.